The Morgan fingerprint density at radius 3 is 2.71 bits per heavy atom. The number of ether oxygens (including phenoxy) is 1. The van der Waals surface area contributed by atoms with Crippen LogP contribution in [0.4, 0.5) is 4.39 Å². The standard InChI is InChI=1S/C31H34FN5O5/c1-22(33-30(38)27-10-5-18-41-27)31(39)37-15-6-13-36(16-17-37)14-7-19-40-24-11-12-25(26(32)21-24)29-34-28(42-35-29)20-23-8-3-2-4-9-23/h2-5,8-12,18,21-22H,6-7,13-17,19-20H2,1H3,(H,33,38)/t22-/m1/s1. The van der Waals surface area contributed by atoms with Gasteiger partial charge in [0.05, 0.1) is 24.9 Å². The van der Waals surface area contributed by atoms with Crippen LogP contribution in [0.1, 0.15) is 41.8 Å². The van der Waals surface area contributed by atoms with Crippen LogP contribution >= 0.6 is 0 Å². The van der Waals surface area contributed by atoms with Crippen molar-refractivity contribution in [2.75, 3.05) is 39.3 Å². The summed E-state index contributed by atoms with van der Waals surface area (Å²) in [5, 5.41) is 6.64. The van der Waals surface area contributed by atoms with Gasteiger partial charge in [-0.15, -0.1) is 0 Å². The largest absolute Gasteiger partial charge is 0.493 e. The highest BCUT2D eigenvalue weighted by Crippen LogP contribution is 2.25. The fraction of sp³-hybridized carbons (Fsp3) is 0.355. The predicted octanol–water partition coefficient (Wildman–Crippen LogP) is 4.18. The molecule has 220 valence electrons. The third-order valence-corrected chi connectivity index (χ3v) is 7.10. The van der Waals surface area contributed by atoms with Crippen LogP contribution in [0.15, 0.2) is 75.9 Å². The molecule has 5 rings (SSSR count). The Morgan fingerprint density at radius 2 is 1.93 bits per heavy atom. The Morgan fingerprint density at radius 1 is 1.07 bits per heavy atom. The van der Waals surface area contributed by atoms with E-state index in [0.29, 0.717) is 37.8 Å². The second-order valence-corrected chi connectivity index (χ2v) is 10.2. The first-order chi connectivity index (χ1) is 20.5. The van der Waals surface area contributed by atoms with Gasteiger partial charge >= 0.3 is 0 Å². The van der Waals surface area contributed by atoms with E-state index in [1.165, 1.54) is 12.3 Å². The SMILES string of the molecule is C[C@@H](NC(=O)c1ccco1)C(=O)N1CCCN(CCCOc2ccc(-c3noc(Cc4ccccc4)n3)c(F)c2)CC1. The molecule has 1 atom stereocenters. The minimum atomic E-state index is -0.647. The van der Waals surface area contributed by atoms with Crippen LogP contribution < -0.4 is 10.1 Å². The first-order valence-electron chi connectivity index (χ1n) is 14.1. The highest BCUT2D eigenvalue weighted by Gasteiger charge is 2.25. The van der Waals surface area contributed by atoms with E-state index >= 15 is 0 Å². The van der Waals surface area contributed by atoms with Crippen molar-refractivity contribution in [1.82, 2.24) is 25.3 Å². The van der Waals surface area contributed by atoms with Gasteiger partial charge in [-0.05, 0) is 56.1 Å². The van der Waals surface area contributed by atoms with Crippen LogP contribution in [0.2, 0.25) is 0 Å². The van der Waals surface area contributed by atoms with Gasteiger partial charge in [-0.1, -0.05) is 35.5 Å². The minimum absolute atomic E-state index is 0.112. The van der Waals surface area contributed by atoms with Gasteiger partial charge in [-0.2, -0.15) is 4.98 Å². The van der Waals surface area contributed by atoms with E-state index < -0.39 is 17.8 Å². The summed E-state index contributed by atoms with van der Waals surface area (Å²) < 4.78 is 31.1. The molecule has 0 unspecified atom stereocenters. The molecule has 10 nitrogen and oxygen atoms in total. The molecule has 11 heteroatoms. The molecule has 0 bridgehead atoms. The number of hydrogen-bond donors (Lipinski definition) is 1. The highest BCUT2D eigenvalue weighted by molar-refractivity contribution is 5.95. The quantitative estimate of drug-likeness (QED) is 0.265. The zero-order valence-corrected chi connectivity index (χ0v) is 23.5. The minimum Gasteiger partial charge on any atom is -0.493 e. The number of carbonyl (C=O) groups is 2. The predicted molar refractivity (Wildman–Crippen MR) is 152 cm³/mol. The number of nitrogens with one attached hydrogen (secondary N) is 1. The molecule has 0 radical (unpaired) electrons. The lowest BCUT2D eigenvalue weighted by molar-refractivity contribution is -0.132. The van der Waals surface area contributed by atoms with Crippen LogP contribution in [0.25, 0.3) is 11.4 Å². The van der Waals surface area contributed by atoms with E-state index in [1.54, 1.807) is 36.1 Å². The first kappa shape index (κ1) is 29.0. The Kier molecular flexibility index (Phi) is 9.60. The fourth-order valence-electron chi connectivity index (χ4n) is 4.88. The Bertz CT molecular complexity index is 1460. The maximum atomic E-state index is 14.8. The van der Waals surface area contributed by atoms with Gasteiger partial charge in [-0.3, -0.25) is 9.59 Å². The Hall–Kier alpha value is -4.51. The summed E-state index contributed by atoms with van der Waals surface area (Å²) in [6, 6.07) is 16.9. The maximum Gasteiger partial charge on any atom is 0.287 e. The van der Waals surface area contributed by atoms with E-state index in [9.17, 15) is 14.0 Å². The number of carbonyl (C=O) groups excluding carboxylic acids is 2. The van der Waals surface area contributed by atoms with Gasteiger partial charge in [0.2, 0.25) is 17.6 Å². The van der Waals surface area contributed by atoms with Crippen molar-refractivity contribution in [1.29, 1.82) is 0 Å². The van der Waals surface area contributed by atoms with Crippen LogP contribution in [0.5, 0.6) is 5.75 Å². The number of hydrogen-bond acceptors (Lipinski definition) is 8. The zero-order valence-electron chi connectivity index (χ0n) is 23.5. The molecule has 1 fully saturated rings. The maximum absolute atomic E-state index is 14.8. The summed E-state index contributed by atoms with van der Waals surface area (Å²) in [6.45, 7) is 5.70. The molecule has 2 amide bonds. The average Bonchev–Trinajstić information content (AvgIpc) is 3.64. The summed E-state index contributed by atoms with van der Waals surface area (Å²) in [4.78, 5) is 33.5. The van der Waals surface area contributed by atoms with Gasteiger partial charge in [0.25, 0.3) is 5.91 Å². The molecule has 2 aromatic carbocycles. The zero-order chi connectivity index (χ0) is 29.3. The third kappa shape index (κ3) is 7.61. The first-order valence-corrected chi connectivity index (χ1v) is 14.1. The van der Waals surface area contributed by atoms with Crippen molar-refractivity contribution >= 4 is 11.8 Å². The van der Waals surface area contributed by atoms with Gasteiger partial charge < -0.3 is 28.8 Å². The topological polar surface area (TPSA) is 114 Å². The van der Waals surface area contributed by atoms with Gasteiger partial charge in [0, 0.05) is 32.2 Å². The lowest BCUT2D eigenvalue weighted by Gasteiger charge is -2.25. The third-order valence-electron chi connectivity index (χ3n) is 7.10. The molecule has 1 saturated heterocycles. The van der Waals surface area contributed by atoms with E-state index in [0.717, 1.165) is 38.0 Å². The fourth-order valence-corrected chi connectivity index (χ4v) is 4.88. The molecule has 2 aromatic heterocycles. The molecule has 1 aliphatic heterocycles. The number of aromatic nitrogens is 2. The van der Waals surface area contributed by atoms with Crippen molar-refractivity contribution in [2.45, 2.75) is 32.2 Å². The van der Waals surface area contributed by atoms with Gasteiger partial charge in [0.15, 0.2) is 5.76 Å². The van der Waals surface area contributed by atoms with Crippen LogP contribution in [0, 0.1) is 5.82 Å². The molecule has 3 heterocycles. The molecular formula is C31H34FN5O5. The summed E-state index contributed by atoms with van der Waals surface area (Å²) in [7, 11) is 0. The summed E-state index contributed by atoms with van der Waals surface area (Å²) in [5.74, 6) is 0.233. The van der Waals surface area contributed by atoms with Crippen LogP contribution in [-0.4, -0.2) is 77.1 Å². The highest BCUT2D eigenvalue weighted by atomic mass is 19.1. The molecule has 0 saturated carbocycles. The molecule has 0 spiro atoms. The van der Waals surface area contributed by atoms with Crippen molar-refractivity contribution in [3.63, 3.8) is 0 Å². The molecule has 4 aromatic rings. The summed E-state index contributed by atoms with van der Waals surface area (Å²) in [5.41, 5.74) is 1.29. The van der Waals surface area contributed by atoms with Crippen molar-refractivity contribution in [3.8, 4) is 17.1 Å². The molecule has 0 aliphatic carbocycles. The lowest BCUT2D eigenvalue weighted by Crippen LogP contribution is -2.48. The van der Waals surface area contributed by atoms with E-state index in [-0.39, 0.29) is 23.1 Å². The second-order valence-electron chi connectivity index (χ2n) is 10.2. The Balaban J connectivity index is 1.04. The van der Waals surface area contributed by atoms with E-state index in [1.807, 2.05) is 30.3 Å². The number of rotatable bonds is 11. The van der Waals surface area contributed by atoms with Crippen molar-refractivity contribution in [3.05, 3.63) is 90.0 Å². The summed E-state index contributed by atoms with van der Waals surface area (Å²) in [6.07, 6.45) is 3.48. The average molecular weight is 576 g/mol. The van der Waals surface area contributed by atoms with E-state index in [2.05, 4.69) is 20.4 Å². The lowest BCUT2D eigenvalue weighted by atomic mass is 10.1. The normalized spacial score (nSPS) is 14.8. The Labute approximate surface area is 243 Å². The number of amides is 2. The number of furan rings is 1. The summed E-state index contributed by atoms with van der Waals surface area (Å²) >= 11 is 0. The van der Waals surface area contributed by atoms with Crippen molar-refractivity contribution < 1.29 is 27.7 Å². The smallest absolute Gasteiger partial charge is 0.287 e. The second kappa shape index (κ2) is 13.9. The molecule has 1 aliphatic rings. The van der Waals surface area contributed by atoms with E-state index in [4.69, 9.17) is 13.7 Å². The monoisotopic (exact) mass is 575 g/mol. The molecular weight excluding hydrogens is 541 g/mol. The number of benzene rings is 2. The van der Waals surface area contributed by atoms with Crippen LogP contribution in [0.3, 0.4) is 0 Å². The molecule has 1 N–H and O–H groups in total. The van der Waals surface area contributed by atoms with Crippen LogP contribution in [-0.2, 0) is 11.2 Å². The van der Waals surface area contributed by atoms with Gasteiger partial charge in [-0.25, -0.2) is 4.39 Å². The number of halogens is 1. The number of nitrogens with zero attached hydrogens (tertiary/aromatic N) is 4. The van der Waals surface area contributed by atoms with Gasteiger partial charge in [0.1, 0.15) is 17.6 Å². The van der Waals surface area contributed by atoms with Crippen molar-refractivity contribution in [2.24, 2.45) is 0 Å². The molecule has 42 heavy (non-hydrogen) atoms.